The van der Waals surface area contributed by atoms with Crippen LogP contribution in [0.3, 0.4) is 0 Å². The van der Waals surface area contributed by atoms with Gasteiger partial charge in [-0.3, -0.25) is 0 Å². The van der Waals surface area contributed by atoms with Crippen LogP contribution >= 0.6 is 31.9 Å². The van der Waals surface area contributed by atoms with E-state index in [4.69, 9.17) is 4.74 Å². The van der Waals surface area contributed by atoms with E-state index in [0.29, 0.717) is 0 Å². The van der Waals surface area contributed by atoms with Crippen molar-refractivity contribution in [2.75, 3.05) is 12.4 Å². The zero-order valence-electron chi connectivity index (χ0n) is 9.09. The predicted molar refractivity (Wildman–Crippen MR) is 72.0 cm³/mol. The largest absolute Gasteiger partial charge is 0.496 e. The van der Waals surface area contributed by atoms with Crippen LogP contribution < -0.4 is 4.74 Å². The number of ether oxygens (including phenoxy) is 1. The van der Waals surface area contributed by atoms with Gasteiger partial charge < -0.3 is 4.74 Å². The Morgan fingerprint density at radius 1 is 1.40 bits per heavy atom. The number of rotatable bonds is 5. The van der Waals surface area contributed by atoms with Crippen molar-refractivity contribution < 1.29 is 4.74 Å². The highest BCUT2D eigenvalue weighted by atomic mass is 79.9. The summed E-state index contributed by atoms with van der Waals surface area (Å²) in [5, 5.41) is 1.07. The molecule has 0 amide bonds. The molecule has 0 fully saturated rings. The van der Waals surface area contributed by atoms with E-state index in [1.165, 1.54) is 12.0 Å². The Morgan fingerprint density at radius 2 is 2.13 bits per heavy atom. The minimum atomic E-state index is 0.728. The highest BCUT2D eigenvalue weighted by molar-refractivity contribution is 9.10. The van der Waals surface area contributed by atoms with Crippen molar-refractivity contribution >= 4 is 31.9 Å². The summed E-state index contributed by atoms with van der Waals surface area (Å²) in [4.78, 5) is 0. The molecule has 0 aliphatic rings. The van der Waals surface area contributed by atoms with Crippen molar-refractivity contribution in [3.63, 3.8) is 0 Å². The molecular weight excluding hydrogens is 320 g/mol. The monoisotopic (exact) mass is 334 g/mol. The number of hydrogen-bond acceptors (Lipinski definition) is 1. The number of methoxy groups -OCH3 is 1. The number of benzene rings is 1. The van der Waals surface area contributed by atoms with E-state index in [2.05, 4.69) is 50.9 Å². The summed E-state index contributed by atoms with van der Waals surface area (Å²) < 4.78 is 6.23. The van der Waals surface area contributed by atoms with E-state index < -0.39 is 0 Å². The Hall–Kier alpha value is -0.0200. The van der Waals surface area contributed by atoms with Crippen LogP contribution in [0.4, 0.5) is 0 Å². The van der Waals surface area contributed by atoms with Crippen molar-refractivity contribution in [3.8, 4) is 5.75 Å². The summed E-state index contributed by atoms with van der Waals surface area (Å²) in [7, 11) is 1.69. The number of hydrogen-bond donors (Lipinski definition) is 0. The molecule has 15 heavy (non-hydrogen) atoms. The fourth-order valence-corrected chi connectivity index (χ4v) is 2.27. The molecule has 0 radical (unpaired) electrons. The van der Waals surface area contributed by atoms with Crippen LogP contribution in [0.5, 0.6) is 5.75 Å². The SMILES string of the molecule is COc1ccc(CCC(C)CBr)cc1Br. The van der Waals surface area contributed by atoms with Crippen LogP contribution in [-0.4, -0.2) is 12.4 Å². The van der Waals surface area contributed by atoms with Crippen LogP contribution in [0.2, 0.25) is 0 Å². The fraction of sp³-hybridized carbons (Fsp3) is 0.500. The maximum Gasteiger partial charge on any atom is 0.133 e. The Balaban J connectivity index is 2.59. The standard InChI is InChI=1S/C12H16Br2O/c1-9(8-13)3-4-10-5-6-12(15-2)11(14)7-10/h5-7,9H,3-4,8H2,1-2H3. The zero-order chi connectivity index (χ0) is 11.3. The zero-order valence-corrected chi connectivity index (χ0v) is 12.3. The summed E-state index contributed by atoms with van der Waals surface area (Å²) in [5.74, 6) is 1.62. The third-order valence-electron chi connectivity index (χ3n) is 2.41. The minimum absolute atomic E-state index is 0.728. The predicted octanol–water partition coefficient (Wildman–Crippen LogP) is 4.42. The van der Waals surface area contributed by atoms with Crippen LogP contribution in [0, 0.1) is 5.92 Å². The maximum atomic E-state index is 5.19. The highest BCUT2D eigenvalue weighted by Gasteiger charge is 2.04. The first-order valence-electron chi connectivity index (χ1n) is 5.05. The molecule has 0 spiro atoms. The van der Waals surface area contributed by atoms with Gasteiger partial charge in [0.25, 0.3) is 0 Å². The lowest BCUT2D eigenvalue weighted by Crippen LogP contribution is -1.98. The summed E-state index contributed by atoms with van der Waals surface area (Å²) in [5.41, 5.74) is 1.36. The number of aryl methyl sites for hydroxylation is 1. The van der Waals surface area contributed by atoms with Crippen LogP contribution in [0.25, 0.3) is 0 Å². The first-order chi connectivity index (χ1) is 7.17. The third-order valence-corrected chi connectivity index (χ3v) is 4.13. The minimum Gasteiger partial charge on any atom is -0.496 e. The molecule has 0 aliphatic heterocycles. The number of halogens is 2. The van der Waals surface area contributed by atoms with Gasteiger partial charge in [0.1, 0.15) is 5.75 Å². The lowest BCUT2D eigenvalue weighted by molar-refractivity contribution is 0.412. The van der Waals surface area contributed by atoms with Crippen molar-refractivity contribution in [1.82, 2.24) is 0 Å². The van der Waals surface area contributed by atoms with Gasteiger partial charge in [-0.25, -0.2) is 0 Å². The van der Waals surface area contributed by atoms with Crippen molar-refractivity contribution in [2.45, 2.75) is 19.8 Å². The summed E-state index contributed by atoms with van der Waals surface area (Å²) >= 11 is 6.99. The average molecular weight is 336 g/mol. The second kappa shape index (κ2) is 6.54. The van der Waals surface area contributed by atoms with Crippen molar-refractivity contribution in [1.29, 1.82) is 0 Å². The van der Waals surface area contributed by atoms with E-state index >= 15 is 0 Å². The molecule has 1 nitrogen and oxygen atoms in total. The molecule has 0 saturated heterocycles. The molecule has 84 valence electrons. The summed E-state index contributed by atoms with van der Waals surface area (Å²) in [6, 6.07) is 6.28. The Labute approximate surface area is 108 Å². The highest BCUT2D eigenvalue weighted by Crippen LogP contribution is 2.26. The lowest BCUT2D eigenvalue weighted by atomic mass is 10.0. The van der Waals surface area contributed by atoms with Gasteiger partial charge in [0.15, 0.2) is 0 Å². The quantitative estimate of drug-likeness (QED) is 0.724. The fourth-order valence-electron chi connectivity index (χ4n) is 1.36. The van der Waals surface area contributed by atoms with E-state index in [-0.39, 0.29) is 0 Å². The van der Waals surface area contributed by atoms with Gasteiger partial charge in [-0.1, -0.05) is 28.9 Å². The smallest absolute Gasteiger partial charge is 0.133 e. The van der Waals surface area contributed by atoms with Gasteiger partial charge in [-0.15, -0.1) is 0 Å². The molecule has 0 heterocycles. The first-order valence-corrected chi connectivity index (χ1v) is 6.97. The number of alkyl halides is 1. The maximum absolute atomic E-state index is 5.19. The second-order valence-corrected chi connectivity index (χ2v) is 5.27. The molecule has 3 heteroatoms. The van der Waals surface area contributed by atoms with Crippen LogP contribution in [-0.2, 0) is 6.42 Å². The topological polar surface area (TPSA) is 9.23 Å². The molecule has 1 unspecified atom stereocenters. The molecule has 0 bridgehead atoms. The van der Waals surface area contributed by atoms with E-state index in [1.807, 2.05) is 6.07 Å². The Kier molecular flexibility index (Phi) is 5.69. The van der Waals surface area contributed by atoms with E-state index in [9.17, 15) is 0 Å². The van der Waals surface area contributed by atoms with Crippen LogP contribution in [0.15, 0.2) is 22.7 Å². The third kappa shape index (κ3) is 4.15. The van der Waals surface area contributed by atoms with E-state index in [0.717, 1.165) is 27.9 Å². The van der Waals surface area contributed by atoms with Gasteiger partial charge in [-0.2, -0.15) is 0 Å². The molecule has 1 aromatic carbocycles. The summed E-state index contributed by atoms with van der Waals surface area (Å²) in [6.45, 7) is 2.26. The Bertz CT molecular complexity index is 312. The van der Waals surface area contributed by atoms with Crippen molar-refractivity contribution in [2.24, 2.45) is 5.92 Å². The lowest BCUT2D eigenvalue weighted by Gasteiger charge is -2.09. The van der Waals surface area contributed by atoms with Gasteiger partial charge in [0.05, 0.1) is 11.6 Å². The van der Waals surface area contributed by atoms with Gasteiger partial charge in [-0.05, 0) is 52.4 Å². The Morgan fingerprint density at radius 3 is 2.67 bits per heavy atom. The molecule has 1 aromatic rings. The molecule has 0 saturated carbocycles. The molecule has 0 aromatic heterocycles. The van der Waals surface area contributed by atoms with E-state index in [1.54, 1.807) is 7.11 Å². The summed E-state index contributed by atoms with van der Waals surface area (Å²) in [6.07, 6.45) is 2.33. The normalized spacial score (nSPS) is 12.5. The second-order valence-electron chi connectivity index (χ2n) is 3.77. The van der Waals surface area contributed by atoms with Gasteiger partial charge in [0.2, 0.25) is 0 Å². The van der Waals surface area contributed by atoms with Crippen molar-refractivity contribution in [3.05, 3.63) is 28.2 Å². The molecular formula is C12H16Br2O. The molecule has 0 aliphatic carbocycles. The molecule has 1 rings (SSSR count). The first kappa shape index (κ1) is 13.0. The molecule has 0 N–H and O–H groups in total. The molecule has 1 atom stereocenters. The average Bonchev–Trinajstić information content (AvgIpc) is 2.26. The van der Waals surface area contributed by atoms with Crippen LogP contribution in [0.1, 0.15) is 18.9 Å². The van der Waals surface area contributed by atoms with Gasteiger partial charge in [0, 0.05) is 5.33 Å². The van der Waals surface area contributed by atoms with Gasteiger partial charge >= 0.3 is 0 Å².